The summed E-state index contributed by atoms with van der Waals surface area (Å²) < 4.78 is 1.11. The molecule has 94 valence electrons. The fraction of sp³-hybridized carbons (Fsp3) is 0.538. The van der Waals surface area contributed by atoms with Crippen LogP contribution >= 0.6 is 27.5 Å². The monoisotopic (exact) mass is 316 g/mol. The van der Waals surface area contributed by atoms with Gasteiger partial charge in [-0.25, -0.2) is 0 Å². The van der Waals surface area contributed by atoms with Gasteiger partial charge in [-0.3, -0.25) is 4.90 Å². The number of likely N-dealkylation sites (N-methyl/N-ethyl adjacent to an activating group) is 1. The van der Waals surface area contributed by atoms with Crippen molar-refractivity contribution in [3.05, 3.63) is 33.3 Å². The van der Waals surface area contributed by atoms with Gasteiger partial charge in [-0.05, 0) is 49.6 Å². The van der Waals surface area contributed by atoms with Crippen molar-refractivity contribution in [3.8, 4) is 0 Å². The average molecular weight is 318 g/mol. The molecular weight excluding hydrogens is 300 g/mol. The maximum absolute atomic E-state index is 6.02. The molecule has 1 fully saturated rings. The quantitative estimate of drug-likeness (QED) is 0.903. The lowest BCUT2D eigenvalue weighted by atomic mass is 10.1. The number of hydrogen-bond donors (Lipinski definition) is 1. The second-order valence-corrected chi connectivity index (χ2v) is 6.08. The molecule has 0 aliphatic heterocycles. The van der Waals surface area contributed by atoms with E-state index in [-0.39, 0.29) is 0 Å². The maximum Gasteiger partial charge on any atom is 0.0410 e. The van der Waals surface area contributed by atoms with Crippen molar-refractivity contribution in [2.45, 2.75) is 25.4 Å². The number of rotatable bonds is 5. The Morgan fingerprint density at radius 3 is 2.82 bits per heavy atom. The summed E-state index contributed by atoms with van der Waals surface area (Å²) in [6, 6.07) is 6.42. The number of benzene rings is 1. The van der Waals surface area contributed by atoms with Crippen LogP contribution in [0.15, 0.2) is 22.7 Å². The van der Waals surface area contributed by atoms with Crippen molar-refractivity contribution >= 4 is 27.5 Å². The van der Waals surface area contributed by atoms with Crippen molar-refractivity contribution in [3.63, 3.8) is 0 Å². The van der Waals surface area contributed by atoms with E-state index < -0.39 is 0 Å². The summed E-state index contributed by atoms with van der Waals surface area (Å²) >= 11 is 9.59. The molecule has 1 saturated carbocycles. The fourth-order valence-corrected chi connectivity index (χ4v) is 2.83. The van der Waals surface area contributed by atoms with Gasteiger partial charge in [0, 0.05) is 28.6 Å². The number of nitrogens with zero attached hydrogens (tertiary/aromatic N) is 1. The molecule has 4 heteroatoms. The van der Waals surface area contributed by atoms with E-state index in [1.165, 1.54) is 18.4 Å². The Balaban J connectivity index is 2.05. The van der Waals surface area contributed by atoms with Crippen molar-refractivity contribution in [1.29, 1.82) is 0 Å². The summed E-state index contributed by atoms with van der Waals surface area (Å²) in [5.74, 6) is 0.794. The molecule has 1 aliphatic carbocycles. The highest BCUT2D eigenvalue weighted by molar-refractivity contribution is 9.10. The Bertz CT molecular complexity index is 393. The van der Waals surface area contributed by atoms with Gasteiger partial charge in [-0.2, -0.15) is 0 Å². The van der Waals surface area contributed by atoms with Gasteiger partial charge < -0.3 is 5.73 Å². The van der Waals surface area contributed by atoms with Gasteiger partial charge in [0.25, 0.3) is 0 Å². The van der Waals surface area contributed by atoms with Crippen LogP contribution in [0, 0.1) is 5.92 Å². The standard InChI is InChI=1S/C13H18BrClN2/c1-17(13(7-16)9-2-3-9)8-10-6-11(15)4-5-12(10)14/h4-6,9,13H,2-3,7-8,16H2,1H3. The molecule has 0 saturated heterocycles. The molecule has 1 aromatic carbocycles. The summed E-state index contributed by atoms with van der Waals surface area (Å²) in [4.78, 5) is 2.34. The summed E-state index contributed by atoms with van der Waals surface area (Å²) in [5.41, 5.74) is 7.08. The Kier molecular flexibility index (Phi) is 4.47. The van der Waals surface area contributed by atoms with Gasteiger partial charge in [0.15, 0.2) is 0 Å². The minimum atomic E-state index is 0.501. The first-order chi connectivity index (χ1) is 8.11. The Morgan fingerprint density at radius 2 is 2.24 bits per heavy atom. The molecule has 2 nitrogen and oxygen atoms in total. The number of halogens is 2. The van der Waals surface area contributed by atoms with Gasteiger partial charge >= 0.3 is 0 Å². The van der Waals surface area contributed by atoms with E-state index in [9.17, 15) is 0 Å². The van der Waals surface area contributed by atoms with Crippen LogP contribution in [0.25, 0.3) is 0 Å². The predicted octanol–water partition coefficient (Wildman–Crippen LogP) is 3.27. The summed E-state index contributed by atoms with van der Waals surface area (Å²) in [6.45, 7) is 1.62. The zero-order valence-corrected chi connectivity index (χ0v) is 12.3. The molecule has 2 rings (SSSR count). The third-order valence-electron chi connectivity index (χ3n) is 3.40. The minimum Gasteiger partial charge on any atom is -0.329 e. The first-order valence-corrected chi connectivity index (χ1v) is 7.13. The second kappa shape index (κ2) is 5.70. The van der Waals surface area contributed by atoms with Crippen LogP contribution < -0.4 is 5.73 Å². The molecule has 17 heavy (non-hydrogen) atoms. The van der Waals surface area contributed by atoms with Gasteiger partial charge in [-0.15, -0.1) is 0 Å². The van der Waals surface area contributed by atoms with Crippen molar-refractivity contribution in [2.24, 2.45) is 11.7 Å². The predicted molar refractivity (Wildman–Crippen MR) is 76.2 cm³/mol. The van der Waals surface area contributed by atoms with Gasteiger partial charge in [-0.1, -0.05) is 27.5 Å². The molecule has 0 aromatic heterocycles. The molecule has 0 bridgehead atoms. The van der Waals surface area contributed by atoms with E-state index in [1.807, 2.05) is 18.2 Å². The molecule has 0 radical (unpaired) electrons. The topological polar surface area (TPSA) is 29.3 Å². The first kappa shape index (κ1) is 13.3. The van der Waals surface area contributed by atoms with Gasteiger partial charge in [0.05, 0.1) is 0 Å². The smallest absolute Gasteiger partial charge is 0.0410 e. The van der Waals surface area contributed by atoms with Crippen LogP contribution in [-0.4, -0.2) is 24.5 Å². The molecular formula is C13H18BrClN2. The van der Waals surface area contributed by atoms with Crippen LogP contribution in [0.5, 0.6) is 0 Å². The highest BCUT2D eigenvalue weighted by Gasteiger charge is 2.32. The van der Waals surface area contributed by atoms with E-state index in [2.05, 4.69) is 27.9 Å². The maximum atomic E-state index is 6.02. The lowest BCUT2D eigenvalue weighted by molar-refractivity contribution is 0.215. The molecule has 1 aromatic rings. The van der Waals surface area contributed by atoms with Crippen molar-refractivity contribution in [2.75, 3.05) is 13.6 Å². The van der Waals surface area contributed by atoms with Crippen LogP contribution in [-0.2, 0) is 6.54 Å². The fourth-order valence-electron chi connectivity index (χ4n) is 2.26. The normalized spacial score (nSPS) is 17.5. The Hall–Kier alpha value is -0.0900. The minimum absolute atomic E-state index is 0.501. The lowest BCUT2D eigenvalue weighted by Crippen LogP contribution is -2.39. The first-order valence-electron chi connectivity index (χ1n) is 5.96. The van der Waals surface area contributed by atoms with Crippen LogP contribution in [0.1, 0.15) is 18.4 Å². The van der Waals surface area contributed by atoms with E-state index in [0.717, 1.165) is 28.5 Å². The third-order valence-corrected chi connectivity index (χ3v) is 4.41. The highest BCUT2D eigenvalue weighted by atomic mass is 79.9. The summed E-state index contributed by atoms with van der Waals surface area (Å²) in [6.07, 6.45) is 2.64. The lowest BCUT2D eigenvalue weighted by Gasteiger charge is -2.27. The number of hydrogen-bond acceptors (Lipinski definition) is 2. The van der Waals surface area contributed by atoms with E-state index >= 15 is 0 Å². The Labute approximate surface area is 116 Å². The van der Waals surface area contributed by atoms with E-state index in [1.54, 1.807) is 0 Å². The van der Waals surface area contributed by atoms with E-state index in [4.69, 9.17) is 17.3 Å². The van der Waals surface area contributed by atoms with Gasteiger partial charge in [0.1, 0.15) is 0 Å². The zero-order valence-electron chi connectivity index (χ0n) is 10.00. The molecule has 2 N–H and O–H groups in total. The number of nitrogens with two attached hydrogens (primary N) is 1. The largest absolute Gasteiger partial charge is 0.329 e. The molecule has 1 unspecified atom stereocenters. The van der Waals surface area contributed by atoms with Crippen LogP contribution in [0.2, 0.25) is 5.02 Å². The van der Waals surface area contributed by atoms with Crippen molar-refractivity contribution < 1.29 is 0 Å². The van der Waals surface area contributed by atoms with Crippen molar-refractivity contribution in [1.82, 2.24) is 4.90 Å². The Morgan fingerprint density at radius 1 is 1.53 bits per heavy atom. The molecule has 1 aliphatic rings. The highest BCUT2D eigenvalue weighted by Crippen LogP contribution is 2.35. The third kappa shape index (κ3) is 3.44. The molecule has 0 spiro atoms. The van der Waals surface area contributed by atoms with Crippen LogP contribution in [0.4, 0.5) is 0 Å². The average Bonchev–Trinajstić information content (AvgIpc) is 3.09. The van der Waals surface area contributed by atoms with E-state index in [0.29, 0.717) is 6.04 Å². The SMILES string of the molecule is CN(Cc1cc(Cl)ccc1Br)C(CN)C1CC1. The molecule has 1 atom stereocenters. The summed E-state index contributed by atoms with van der Waals surface area (Å²) in [5, 5.41) is 0.785. The zero-order chi connectivity index (χ0) is 12.4. The molecule has 0 heterocycles. The summed E-state index contributed by atoms with van der Waals surface area (Å²) in [7, 11) is 2.14. The second-order valence-electron chi connectivity index (χ2n) is 4.79. The molecule has 0 amide bonds. The van der Waals surface area contributed by atoms with Gasteiger partial charge in [0.2, 0.25) is 0 Å². The van der Waals surface area contributed by atoms with Crippen LogP contribution in [0.3, 0.4) is 0 Å².